The van der Waals surface area contributed by atoms with Crippen LogP contribution in [0.25, 0.3) is 0 Å². The third-order valence-corrected chi connectivity index (χ3v) is 16.5. The van der Waals surface area contributed by atoms with Crippen LogP contribution in [-0.2, 0) is 95.2 Å². The molecule has 5 aliphatic rings. The fourth-order valence-corrected chi connectivity index (χ4v) is 7.85. The smallest absolute Gasteiger partial charge is 0.512 e. The maximum absolute atomic E-state index is 11.8. The number of nitrogens with zero attached hydrogens (tertiary/aromatic N) is 1. The number of benzene rings is 4. The van der Waals surface area contributed by atoms with Crippen LogP contribution >= 0.6 is 0 Å². The summed E-state index contributed by atoms with van der Waals surface area (Å²) in [4.78, 5) is 70.8. The van der Waals surface area contributed by atoms with Crippen molar-refractivity contribution in [1.82, 2.24) is 0 Å². The molecule has 100 heavy (non-hydrogen) atoms. The molecule has 4 saturated heterocycles. The third kappa shape index (κ3) is 29.1. The second kappa shape index (κ2) is 41.9. The van der Waals surface area contributed by atoms with Crippen LogP contribution in [0, 0.1) is 10.1 Å². The van der Waals surface area contributed by atoms with Gasteiger partial charge in [0.2, 0.25) is 0 Å². The molecule has 9 rings (SSSR count). The number of carbonyl (C=O) groups excluding carboxylic acids is 6. The van der Waals surface area contributed by atoms with Gasteiger partial charge in [-0.2, -0.15) is 9.59 Å². The van der Waals surface area contributed by atoms with E-state index in [4.69, 9.17) is 86.0 Å². The van der Waals surface area contributed by atoms with Crippen molar-refractivity contribution >= 4 is 75.5 Å². The number of ether oxygens (including phenoxy) is 4. The Morgan fingerprint density at radius 1 is 0.510 bits per heavy atom. The van der Waals surface area contributed by atoms with E-state index in [2.05, 4.69) is 18.0 Å². The van der Waals surface area contributed by atoms with Crippen LogP contribution in [-0.4, -0.2) is 144 Å². The van der Waals surface area contributed by atoms with E-state index < -0.39 is 66.4 Å². The maximum Gasteiger partial charge on any atom is 0.714 e. The van der Waals surface area contributed by atoms with Gasteiger partial charge in [0.15, 0.2) is 5.78 Å². The summed E-state index contributed by atoms with van der Waals surface area (Å²) >= 11 is 0. The van der Waals surface area contributed by atoms with Gasteiger partial charge in [-0.25, -0.2) is 4.79 Å². The fraction of sp³-hybridized carbons (Fsp3) is 0.485. The van der Waals surface area contributed by atoms with Crippen molar-refractivity contribution in [3.63, 3.8) is 0 Å². The second-order valence-corrected chi connectivity index (χ2v) is 25.7. The monoisotopic (exact) mass is 1410 g/mol. The first-order valence-corrected chi connectivity index (χ1v) is 31.5. The first kappa shape index (κ1) is 92.3. The number of carbonyl (C=O) groups is 4. The molecular weight excluding hydrogens is 1300 g/mol. The molecule has 4 fully saturated rings. The summed E-state index contributed by atoms with van der Waals surface area (Å²) in [6.45, 7) is 39.3. The number of hydrogen-bond acceptors (Lipinski definition) is 26. The zero-order valence-corrected chi connectivity index (χ0v) is 61.1. The number of ketones is 1. The van der Waals surface area contributed by atoms with E-state index in [1.807, 2.05) is 171 Å². The van der Waals surface area contributed by atoms with Crippen LogP contribution < -0.4 is 31.8 Å². The van der Waals surface area contributed by atoms with Crippen LogP contribution in [0.2, 0.25) is 0 Å². The Balaban J connectivity index is -0.00000122. The van der Waals surface area contributed by atoms with Crippen molar-refractivity contribution in [1.29, 1.82) is 0 Å². The molecule has 0 spiro atoms. The molecule has 0 unspecified atom stereocenters. The van der Waals surface area contributed by atoms with Crippen molar-refractivity contribution in [2.45, 2.75) is 202 Å². The molecule has 0 aromatic heterocycles. The number of rotatable bonds is 14. The highest BCUT2D eigenvalue weighted by molar-refractivity contribution is 6.62. The number of non-ortho nitro benzene ring substituents is 1. The van der Waals surface area contributed by atoms with Crippen molar-refractivity contribution in [3.05, 3.63) is 160 Å². The summed E-state index contributed by atoms with van der Waals surface area (Å²) < 4.78 is 71.7. The van der Waals surface area contributed by atoms with Gasteiger partial charge in [0, 0.05) is 27.8 Å². The van der Waals surface area contributed by atoms with Gasteiger partial charge in [-0.1, -0.05) is 93.2 Å². The van der Waals surface area contributed by atoms with Gasteiger partial charge >= 0.3 is 53.1 Å². The maximum atomic E-state index is 11.8. The quantitative estimate of drug-likeness (QED) is 0.0149. The van der Waals surface area contributed by atoms with Crippen LogP contribution in [0.1, 0.15) is 157 Å². The number of hydrogen-bond donors (Lipinski definition) is 5. The fourth-order valence-electron chi connectivity index (χ4n) is 7.85. The van der Waals surface area contributed by atoms with E-state index in [0.717, 1.165) is 33.2 Å². The van der Waals surface area contributed by atoms with Crippen molar-refractivity contribution in [2.24, 2.45) is 11.5 Å². The molecule has 0 bridgehead atoms. The highest BCUT2D eigenvalue weighted by atomic mass is 17.0. The largest absolute Gasteiger partial charge is 0.714 e. The molecule has 0 atom stereocenters. The van der Waals surface area contributed by atoms with Crippen LogP contribution in [0.5, 0.6) is 11.5 Å². The summed E-state index contributed by atoms with van der Waals surface area (Å²) in [5, 5.41) is 31.6. The van der Waals surface area contributed by atoms with Crippen LogP contribution in [0.15, 0.2) is 134 Å². The normalized spacial score (nSPS) is 17.8. The predicted octanol–water partition coefficient (Wildman–Crippen LogP) is 9.21. The molecule has 4 heterocycles. The van der Waals surface area contributed by atoms with Crippen molar-refractivity contribution in [3.8, 4) is 11.5 Å². The van der Waals surface area contributed by atoms with Gasteiger partial charge in [-0.05, 0) is 194 Å². The standard InChI is InChI=1S/C20H22BNO7.C16H23BO5.C16H23BO4.C7H6O.C6H13BO3.2CH5N.CO2.H2O2.H2O.2H2/c1-19(2)20(3,4)29-21(28-19)15-7-5-14(6-8-15)13-26-18(23)27-17-11-9-16(10-12-17)22(24)25;1-6-14(18)19-11-12-7-9-13(10-8-12)20-17-21-15(2,3)16(4,5)22-17;1-6-14(18)19-11-12-7-9-13(10-8-12)17-20-15(2,3)16(4,5)21-17;1-6-2-4-7(8)5-3-6;1-5(2)6(3,4)10-7(8)9-5;2*1-2;2-1-3;1-2;;;/h5-12H,13H2,1-4H3;7-10H,6,11H2,1-5H3;7-10H,6,11H2,1-5H3;2-5H,1H2;8H,1-4H3;2*2H2,1H3;;1-2H;1H2;2*1H. The lowest BCUT2D eigenvalue weighted by molar-refractivity contribution is -0.384. The lowest BCUT2D eigenvalue weighted by Crippen LogP contribution is -2.41. The van der Waals surface area contributed by atoms with E-state index >= 15 is 0 Å². The molecule has 28 nitrogen and oxygen atoms in total. The topological polar surface area (TPSA) is 410 Å². The molecule has 0 saturated carbocycles. The minimum atomic E-state index is -1.06. The Morgan fingerprint density at radius 2 is 0.800 bits per heavy atom. The summed E-state index contributed by atoms with van der Waals surface area (Å²) in [6, 6.07) is 27.6. The molecular formula is C68H105B4N3O25. The Labute approximate surface area is 591 Å². The van der Waals surface area contributed by atoms with Gasteiger partial charge < -0.3 is 82.8 Å². The average Bonchev–Trinajstić information content (AvgIpc) is 1.65. The Hall–Kier alpha value is -7.74. The number of nitrogens with two attached hydrogens (primary N) is 2. The molecule has 0 radical (unpaired) electrons. The highest BCUT2D eigenvalue weighted by Crippen LogP contribution is 2.40. The number of allylic oxidation sites excluding steroid dienone is 5. The first-order valence-electron chi connectivity index (χ1n) is 31.5. The highest BCUT2D eigenvalue weighted by Gasteiger charge is 2.55. The molecule has 554 valence electrons. The summed E-state index contributed by atoms with van der Waals surface area (Å²) in [6.07, 6.45) is 6.53. The summed E-state index contributed by atoms with van der Waals surface area (Å²) in [5.74, 6) is 0.445. The minimum Gasteiger partial charge on any atom is -0.512 e. The van der Waals surface area contributed by atoms with Gasteiger partial charge in [-0.15, -0.1) is 0 Å². The van der Waals surface area contributed by atoms with Gasteiger partial charge in [-0.3, -0.25) is 35.0 Å². The molecule has 9 N–H and O–H groups in total. The minimum absolute atomic E-state index is 0. The molecule has 4 aliphatic heterocycles. The van der Waals surface area contributed by atoms with Crippen LogP contribution in [0.4, 0.5) is 10.5 Å². The Kier molecular flexibility index (Phi) is 38.6. The molecule has 1 aliphatic carbocycles. The van der Waals surface area contributed by atoms with E-state index in [1.165, 1.54) is 50.5 Å². The second-order valence-electron chi connectivity index (χ2n) is 25.7. The zero-order valence-electron chi connectivity index (χ0n) is 61.1. The van der Waals surface area contributed by atoms with Gasteiger partial charge in [0.25, 0.3) is 5.69 Å². The van der Waals surface area contributed by atoms with E-state index in [9.17, 15) is 29.3 Å². The van der Waals surface area contributed by atoms with E-state index in [-0.39, 0.29) is 75.2 Å². The van der Waals surface area contributed by atoms with Crippen molar-refractivity contribution < 1.29 is 118 Å². The SMILES string of the molecule is C=C1C=CC(=O)C=C1.CC1(C)OB(O)OC1(C)C.CC1(C)OB(c2ccc(COC(=O)Oc3ccc([N+](=O)[O-])cc3)cc2)OC1(C)C.CCC(=O)OCc1ccc(B2OC(C)(C)C(C)(C)O2)cc1.CCC(=O)OCc1ccc(OB2OC(C)(C)C(C)(C)O2)cc1.CN.CN.O.O=C=O.OO.[HH].[HH]. The number of nitro benzene ring substituents is 1. The van der Waals surface area contributed by atoms with Crippen LogP contribution in [0.3, 0.4) is 0 Å². The molecule has 0 amide bonds. The molecule has 32 heteroatoms. The van der Waals surface area contributed by atoms with Crippen molar-refractivity contribution in [2.75, 3.05) is 14.1 Å². The number of esters is 2. The number of nitro groups is 1. The summed E-state index contributed by atoms with van der Waals surface area (Å²) in [7, 11) is 0.392. The summed E-state index contributed by atoms with van der Waals surface area (Å²) in [5.41, 5.74) is 11.1. The molecule has 4 aromatic carbocycles. The predicted molar refractivity (Wildman–Crippen MR) is 381 cm³/mol. The van der Waals surface area contributed by atoms with Gasteiger partial charge in [0.1, 0.15) is 31.3 Å². The average molecular weight is 1410 g/mol. The zero-order chi connectivity index (χ0) is 76.0. The lowest BCUT2D eigenvalue weighted by atomic mass is 9.79. The van der Waals surface area contributed by atoms with E-state index in [0.29, 0.717) is 25.2 Å². The molecule has 4 aromatic rings. The van der Waals surface area contributed by atoms with Gasteiger partial charge in [0.05, 0.1) is 49.7 Å². The Bertz CT molecular complexity index is 3190. The lowest BCUT2D eigenvalue weighted by Gasteiger charge is -2.32. The Morgan fingerprint density at radius 3 is 1.09 bits per heavy atom. The first-order chi connectivity index (χ1) is 46.1. The third-order valence-electron chi connectivity index (χ3n) is 16.5. The van der Waals surface area contributed by atoms with E-state index in [1.54, 1.807) is 38.1 Å².